The zero-order valence-electron chi connectivity index (χ0n) is 11.6. The van der Waals surface area contributed by atoms with Gasteiger partial charge in [-0.15, -0.1) is 0 Å². The molecular weight excluding hydrogens is 230 g/mol. The summed E-state index contributed by atoms with van der Waals surface area (Å²) in [5.41, 5.74) is 2.55. The van der Waals surface area contributed by atoms with E-state index in [9.17, 15) is 4.79 Å². The van der Waals surface area contributed by atoms with Crippen molar-refractivity contribution < 1.29 is 9.21 Å². The highest BCUT2D eigenvalue weighted by Crippen LogP contribution is 2.14. The van der Waals surface area contributed by atoms with Gasteiger partial charge in [0.1, 0.15) is 12.0 Å². The first-order valence-electron chi connectivity index (χ1n) is 6.26. The molecule has 0 fully saturated rings. The third-order valence-electron chi connectivity index (χ3n) is 2.74. The maximum Gasteiger partial charge on any atom is 0.268 e. The number of nitrogens with one attached hydrogen (secondary N) is 1. The van der Waals surface area contributed by atoms with Gasteiger partial charge in [-0.25, -0.2) is 5.84 Å². The van der Waals surface area contributed by atoms with Crippen LogP contribution in [0.3, 0.4) is 0 Å². The highest BCUT2D eigenvalue weighted by molar-refractivity contribution is 5.93. The molecule has 0 aliphatic carbocycles. The number of amides is 1. The van der Waals surface area contributed by atoms with Crippen LogP contribution in [-0.4, -0.2) is 23.4 Å². The average molecular weight is 253 g/mol. The number of hydrogen-bond donors (Lipinski definition) is 2. The largest absolute Gasteiger partial charge is 0.467 e. The summed E-state index contributed by atoms with van der Waals surface area (Å²) >= 11 is 0. The fourth-order valence-corrected chi connectivity index (χ4v) is 1.79. The summed E-state index contributed by atoms with van der Waals surface area (Å²) < 4.78 is 5.39. The van der Waals surface area contributed by atoms with E-state index >= 15 is 0 Å². The number of furan rings is 1. The number of nitrogens with two attached hydrogens (primary N) is 1. The molecule has 0 unspecified atom stereocenters. The van der Waals surface area contributed by atoms with Gasteiger partial charge < -0.3 is 4.42 Å². The SMILES string of the molecule is CC(C)CN(Cc1cc(C(=O)NN)co1)C(C)C. The van der Waals surface area contributed by atoms with Crippen molar-refractivity contribution in [2.75, 3.05) is 6.54 Å². The molecule has 5 heteroatoms. The second kappa shape index (κ2) is 6.56. The van der Waals surface area contributed by atoms with Crippen LogP contribution >= 0.6 is 0 Å². The minimum atomic E-state index is -0.329. The van der Waals surface area contributed by atoms with Crippen LogP contribution in [-0.2, 0) is 6.54 Å². The summed E-state index contributed by atoms with van der Waals surface area (Å²) in [4.78, 5) is 13.6. The monoisotopic (exact) mass is 253 g/mol. The molecule has 1 aromatic heterocycles. The van der Waals surface area contributed by atoms with Crippen LogP contribution in [0.5, 0.6) is 0 Å². The molecule has 0 radical (unpaired) electrons. The number of nitrogens with zero attached hydrogens (tertiary/aromatic N) is 1. The number of hydrogen-bond acceptors (Lipinski definition) is 4. The molecule has 0 bridgehead atoms. The summed E-state index contributed by atoms with van der Waals surface area (Å²) in [7, 11) is 0. The molecule has 102 valence electrons. The molecule has 0 saturated heterocycles. The Morgan fingerprint density at radius 3 is 2.61 bits per heavy atom. The molecule has 1 amide bonds. The van der Waals surface area contributed by atoms with E-state index in [0.717, 1.165) is 12.3 Å². The minimum absolute atomic E-state index is 0.329. The first kappa shape index (κ1) is 14.7. The van der Waals surface area contributed by atoms with Crippen molar-refractivity contribution in [3.8, 4) is 0 Å². The van der Waals surface area contributed by atoms with Gasteiger partial charge in [-0.05, 0) is 25.8 Å². The smallest absolute Gasteiger partial charge is 0.268 e. The predicted octanol–water partition coefficient (Wildman–Crippen LogP) is 1.75. The number of nitrogen functional groups attached to an aromatic ring is 1. The molecule has 0 spiro atoms. The van der Waals surface area contributed by atoms with Crippen LogP contribution in [0.25, 0.3) is 0 Å². The molecule has 5 nitrogen and oxygen atoms in total. The molecule has 0 aliphatic heterocycles. The Morgan fingerprint density at radius 2 is 2.11 bits per heavy atom. The van der Waals surface area contributed by atoms with Crippen molar-refractivity contribution in [3.05, 3.63) is 23.7 Å². The Morgan fingerprint density at radius 1 is 1.44 bits per heavy atom. The first-order valence-corrected chi connectivity index (χ1v) is 6.26. The lowest BCUT2D eigenvalue weighted by Gasteiger charge is -2.27. The predicted molar refractivity (Wildman–Crippen MR) is 70.7 cm³/mol. The summed E-state index contributed by atoms with van der Waals surface area (Å²) in [6, 6.07) is 2.17. The van der Waals surface area contributed by atoms with Gasteiger partial charge in [0.2, 0.25) is 0 Å². The zero-order valence-corrected chi connectivity index (χ0v) is 11.6. The van der Waals surface area contributed by atoms with E-state index < -0.39 is 0 Å². The summed E-state index contributed by atoms with van der Waals surface area (Å²) in [5, 5.41) is 0. The third kappa shape index (κ3) is 4.16. The van der Waals surface area contributed by atoms with Gasteiger partial charge in [0, 0.05) is 12.6 Å². The van der Waals surface area contributed by atoms with Crippen molar-refractivity contribution in [1.82, 2.24) is 10.3 Å². The van der Waals surface area contributed by atoms with Crippen LogP contribution in [0.15, 0.2) is 16.7 Å². The molecule has 0 aromatic carbocycles. The van der Waals surface area contributed by atoms with Gasteiger partial charge >= 0.3 is 0 Å². The van der Waals surface area contributed by atoms with E-state index in [-0.39, 0.29) is 5.91 Å². The summed E-state index contributed by atoms with van der Waals surface area (Å²) in [6.45, 7) is 10.4. The fraction of sp³-hybridized carbons (Fsp3) is 0.615. The van der Waals surface area contributed by atoms with E-state index in [4.69, 9.17) is 10.3 Å². The molecule has 0 atom stereocenters. The summed E-state index contributed by atoms with van der Waals surface area (Å²) in [6.07, 6.45) is 1.44. The van der Waals surface area contributed by atoms with Crippen LogP contribution in [0.1, 0.15) is 43.8 Å². The maximum absolute atomic E-state index is 11.3. The Kier molecular flexibility index (Phi) is 5.37. The van der Waals surface area contributed by atoms with Crippen molar-refractivity contribution >= 4 is 5.91 Å². The van der Waals surface area contributed by atoms with Gasteiger partial charge in [0.25, 0.3) is 5.91 Å². The number of rotatable bonds is 6. The molecular formula is C13H23N3O2. The second-order valence-corrected chi connectivity index (χ2v) is 5.19. The quantitative estimate of drug-likeness (QED) is 0.460. The van der Waals surface area contributed by atoms with Crippen LogP contribution in [0, 0.1) is 5.92 Å². The highest BCUT2D eigenvalue weighted by atomic mass is 16.3. The molecule has 0 aliphatic rings. The Hall–Kier alpha value is -1.33. The fourth-order valence-electron chi connectivity index (χ4n) is 1.79. The normalized spacial score (nSPS) is 11.6. The van der Waals surface area contributed by atoms with Crippen molar-refractivity contribution in [1.29, 1.82) is 0 Å². The minimum Gasteiger partial charge on any atom is -0.467 e. The second-order valence-electron chi connectivity index (χ2n) is 5.19. The Labute approximate surface area is 108 Å². The van der Waals surface area contributed by atoms with Crippen molar-refractivity contribution in [2.45, 2.75) is 40.3 Å². The highest BCUT2D eigenvalue weighted by Gasteiger charge is 2.15. The van der Waals surface area contributed by atoms with Gasteiger partial charge in [0.05, 0.1) is 12.1 Å². The van der Waals surface area contributed by atoms with E-state index in [1.807, 2.05) is 0 Å². The lowest BCUT2D eigenvalue weighted by Crippen LogP contribution is -2.33. The topological polar surface area (TPSA) is 71.5 Å². The number of carbonyl (C=O) groups excluding carboxylic acids is 1. The Balaban J connectivity index is 2.69. The molecule has 1 heterocycles. The Bertz CT molecular complexity index is 385. The number of hydrazine groups is 1. The van der Waals surface area contributed by atoms with Gasteiger partial charge in [-0.1, -0.05) is 13.8 Å². The molecule has 1 aromatic rings. The van der Waals surface area contributed by atoms with Crippen LogP contribution < -0.4 is 11.3 Å². The standard InChI is InChI=1S/C13H23N3O2/c1-9(2)6-16(10(3)4)7-12-5-11(8-18-12)13(17)15-14/h5,8-10H,6-7,14H2,1-4H3,(H,15,17). The average Bonchev–Trinajstić information content (AvgIpc) is 2.75. The van der Waals surface area contributed by atoms with Crippen molar-refractivity contribution in [2.24, 2.45) is 11.8 Å². The summed E-state index contributed by atoms with van der Waals surface area (Å²) in [5.74, 6) is 6.12. The zero-order chi connectivity index (χ0) is 13.7. The number of carbonyl (C=O) groups is 1. The third-order valence-corrected chi connectivity index (χ3v) is 2.74. The van der Waals surface area contributed by atoms with E-state index in [0.29, 0.717) is 24.1 Å². The van der Waals surface area contributed by atoms with Gasteiger partial charge in [-0.2, -0.15) is 0 Å². The lowest BCUT2D eigenvalue weighted by atomic mass is 10.1. The first-order chi connectivity index (χ1) is 8.43. The van der Waals surface area contributed by atoms with E-state index in [2.05, 4.69) is 38.0 Å². The van der Waals surface area contributed by atoms with E-state index in [1.54, 1.807) is 6.07 Å². The molecule has 18 heavy (non-hydrogen) atoms. The molecule has 0 saturated carbocycles. The van der Waals surface area contributed by atoms with Gasteiger partial charge in [-0.3, -0.25) is 15.1 Å². The van der Waals surface area contributed by atoms with Crippen LogP contribution in [0.2, 0.25) is 0 Å². The van der Waals surface area contributed by atoms with Gasteiger partial charge in [0.15, 0.2) is 0 Å². The molecule has 3 N–H and O–H groups in total. The maximum atomic E-state index is 11.3. The lowest BCUT2D eigenvalue weighted by molar-refractivity contribution is 0.0953. The van der Waals surface area contributed by atoms with Crippen LogP contribution in [0.4, 0.5) is 0 Å². The molecule has 1 rings (SSSR count). The van der Waals surface area contributed by atoms with E-state index in [1.165, 1.54) is 6.26 Å². The van der Waals surface area contributed by atoms with Crippen molar-refractivity contribution in [3.63, 3.8) is 0 Å².